The van der Waals surface area contributed by atoms with E-state index >= 15 is 0 Å². The van der Waals surface area contributed by atoms with Crippen molar-refractivity contribution in [3.05, 3.63) is 22.7 Å². The van der Waals surface area contributed by atoms with Crippen molar-refractivity contribution in [1.82, 2.24) is 4.98 Å². The van der Waals surface area contributed by atoms with Crippen molar-refractivity contribution in [2.45, 2.75) is 13.3 Å². The van der Waals surface area contributed by atoms with E-state index in [1.54, 1.807) is 18.4 Å². The number of fused-ring (bicyclic) bond motifs is 1. The molecule has 0 aliphatic carbocycles. The minimum absolute atomic E-state index is 0.630. The van der Waals surface area contributed by atoms with Gasteiger partial charge in [0.05, 0.1) is 16.8 Å². The molecular formula is C11H14N2OS. The topological polar surface area (TPSA) is 48.1 Å². The number of ether oxygens (including phenoxy) is 1. The maximum Gasteiger partial charge on any atom is 0.149 e. The molecule has 0 aliphatic heterocycles. The minimum atomic E-state index is 0.630. The van der Waals surface area contributed by atoms with Gasteiger partial charge in [-0.05, 0) is 31.5 Å². The average Bonchev–Trinajstić information content (AvgIpc) is 2.58. The molecule has 15 heavy (non-hydrogen) atoms. The molecule has 3 nitrogen and oxygen atoms in total. The molecule has 0 amide bonds. The van der Waals surface area contributed by atoms with Crippen LogP contribution in [-0.4, -0.2) is 18.6 Å². The molecule has 1 heterocycles. The van der Waals surface area contributed by atoms with E-state index in [-0.39, 0.29) is 0 Å². The quantitative estimate of drug-likeness (QED) is 0.865. The molecule has 0 saturated heterocycles. The molecule has 4 heteroatoms. The zero-order valence-corrected chi connectivity index (χ0v) is 9.73. The predicted octanol–water partition coefficient (Wildman–Crippen LogP) is 2.11. The van der Waals surface area contributed by atoms with Crippen molar-refractivity contribution in [2.75, 3.05) is 13.7 Å². The third kappa shape index (κ3) is 1.82. The van der Waals surface area contributed by atoms with Crippen LogP contribution in [0, 0.1) is 6.92 Å². The summed E-state index contributed by atoms with van der Waals surface area (Å²) >= 11 is 1.69. The second kappa shape index (κ2) is 4.16. The number of thiazole rings is 1. The molecule has 0 aliphatic rings. The van der Waals surface area contributed by atoms with Gasteiger partial charge in [-0.3, -0.25) is 0 Å². The van der Waals surface area contributed by atoms with Gasteiger partial charge in [0.25, 0.3) is 0 Å². The number of hydrogen-bond acceptors (Lipinski definition) is 4. The average molecular weight is 222 g/mol. The largest absolute Gasteiger partial charge is 0.494 e. The molecule has 2 N–H and O–H groups in total. The summed E-state index contributed by atoms with van der Waals surface area (Å²) in [6.07, 6.45) is 0.829. The number of aryl methyl sites for hydroxylation is 1. The molecule has 0 saturated carbocycles. The van der Waals surface area contributed by atoms with Gasteiger partial charge in [0.1, 0.15) is 11.3 Å². The molecule has 2 aromatic rings. The monoisotopic (exact) mass is 222 g/mol. The highest BCUT2D eigenvalue weighted by molar-refractivity contribution is 7.18. The first-order valence-electron chi connectivity index (χ1n) is 4.89. The van der Waals surface area contributed by atoms with E-state index in [1.165, 1.54) is 4.70 Å². The van der Waals surface area contributed by atoms with E-state index in [2.05, 4.69) is 17.1 Å². The highest BCUT2D eigenvalue weighted by Gasteiger charge is 2.11. The zero-order chi connectivity index (χ0) is 10.8. The van der Waals surface area contributed by atoms with Crippen LogP contribution in [0.25, 0.3) is 10.2 Å². The second-order valence-electron chi connectivity index (χ2n) is 3.38. The van der Waals surface area contributed by atoms with Crippen molar-refractivity contribution < 1.29 is 4.74 Å². The molecule has 0 spiro atoms. The van der Waals surface area contributed by atoms with Crippen LogP contribution < -0.4 is 10.5 Å². The summed E-state index contributed by atoms with van der Waals surface area (Å²) in [6, 6.07) is 4.17. The fourth-order valence-electron chi connectivity index (χ4n) is 1.70. The van der Waals surface area contributed by atoms with Gasteiger partial charge in [-0.15, -0.1) is 11.3 Å². The van der Waals surface area contributed by atoms with E-state index in [1.807, 2.05) is 6.92 Å². The third-order valence-electron chi connectivity index (χ3n) is 2.32. The molecule has 0 unspecified atom stereocenters. The summed E-state index contributed by atoms with van der Waals surface area (Å²) in [7, 11) is 1.68. The fraction of sp³-hybridized carbons (Fsp3) is 0.364. The van der Waals surface area contributed by atoms with E-state index in [9.17, 15) is 0 Å². The molecule has 1 aromatic heterocycles. The lowest BCUT2D eigenvalue weighted by atomic mass is 10.1. The van der Waals surface area contributed by atoms with Gasteiger partial charge in [0, 0.05) is 0 Å². The normalized spacial score (nSPS) is 10.9. The van der Waals surface area contributed by atoms with Gasteiger partial charge < -0.3 is 10.5 Å². The summed E-state index contributed by atoms with van der Waals surface area (Å²) in [5.74, 6) is 0.877. The van der Waals surface area contributed by atoms with E-state index in [4.69, 9.17) is 10.5 Å². The van der Waals surface area contributed by atoms with Crippen LogP contribution in [-0.2, 0) is 6.42 Å². The maximum absolute atomic E-state index is 5.56. The van der Waals surface area contributed by atoms with Crippen molar-refractivity contribution >= 4 is 21.6 Å². The SMILES string of the molecule is COc1c(CCN)ccc2sc(C)nc12. The molecule has 2 rings (SSSR count). The number of nitrogens with two attached hydrogens (primary N) is 1. The standard InChI is InChI=1S/C11H14N2OS/c1-7-13-10-9(15-7)4-3-8(5-6-12)11(10)14-2/h3-4H,5-6,12H2,1-2H3. The van der Waals surface area contributed by atoms with E-state index < -0.39 is 0 Å². The van der Waals surface area contributed by atoms with Crippen LogP contribution in [0.4, 0.5) is 0 Å². The van der Waals surface area contributed by atoms with Gasteiger partial charge in [0.2, 0.25) is 0 Å². The number of aromatic nitrogens is 1. The smallest absolute Gasteiger partial charge is 0.149 e. The van der Waals surface area contributed by atoms with Gasteiger partial charge in [-0.1, -0.05) is 6.07 Å². The second-order valence-corrected chi connectivity index (χ2v) is 4.61. The fourth-order valence-corrected chi connectivity index (χ4v) is 2.53. The van der Waals surface area contributed by atoms with Gasteiger partial charge in [-0.25, -0.2) is 4.98 Å². The van der Waals surface area contributed by atoms with Crippen LogP contribution in [0.2, 0.25) is 0 Å². The highest BCUT2D eigenvalue weighted by atomic mass is 32.1. The Bertz CT molecular complexity index is 479. The summed E-state index contributed by atoms with van der Waals surface area (Å²) in [4.78, 5) is 4.48. The molecule has 0 bridgehead atoms. The van der Waals surface area contributed by atoms with Crippen LogP contribution in [0.5, 0.6) is 5.75 Å². The van der Waals surface area contributed by atoms with Gasteiger partial charge in [0.15, 0.2) is 0 Å². The highest BCUT2D eigenvalue weighted by Crippen LogP contribution is 2.32. The van der Waals surface area contributed by atoms with Crippen molar-refractivity contribution in [3.8, 4) is 5.75 Å². The van der Waals surface area contributed by atoms with Crippen LogP contribution >= 0.6 is 11.3 Å². The molecule has 0 atom stereocenters. The van der Waals surface area contributed by atoms with Crippen molar-refractivity contribution in [1.29, 1.82) is 0 Å². The lowest BCUT2D eigenvalue weighted by Gasteiger charge is -2.07. The summed E-state index contributed by atoms with van der Waals surface area (Å²) < 4.78 is 6.58. The lowest BCUT2D eigenvalue weighted by Crippen LogP contribution is -2.04. The first-order chi connectivity index (χ1) is 7.26. The molecule has 0 fully saturated rings. The number of methoxy groups -OCH3 is 1. The van der Waals surface area contributed by atoms with Crippen molar-refractivity contribution in [2.24, 2.45) is 5.73 Å². The molecule has 0 radical (unpaired) electrons. The van der Waals surface area contributed by atoms with Crippen molar-refractivity contribution in [3.63, 3.8) is 0 Å². The Morgan fingerprint density at radius 2 is 2.27 bits per heavy atom. The Kier molecular flexibility index (Phi) is 2.88. The van der Waals surface area contributed by atoms with Crippen LogP contribution in [0.15, 0.2) is 12.1 Å². The molecule has 80 valence electrons. The molecule has 1 aromatic carbocycles. The first-order valence-corrected chi connectivity index (χ1v) is 5.71. The predicted molar refractivity (Wildman–Crippen MR) is 63.7 cm³/mol. The Morgan fingerprint density at radius 1 is 1.47 bits per heavy atom. The number of rotatable bonds is 3. The summed E-state index contributed by atoms with van der Waals surface area (Å²) in [5, 5.41) is 1.06. The Labute approximate surface area is 92.9 Å². The van der Waals surface area contributed by atoms with Crippen LogP contribution in [0.3, 0.4) is 0 Å². The number of benzene rings is 1. The number of nitrogens with zero attached hydrogens (tertiary/aromatic N) is 1. The Morgan fingerprint density at radius 3 is 2.93 bits per heavy atom. The van der Waals surface area contributed by atoms with E-state index in [0.29, 0.717) is 6.54 Å². The minimum Gasteiger partial charge on any atom is -0.494 e. The lowest BCUT2D eigenvalue weighted by molar-refractivity contribution is 0.414. The maximum atomic E-state index is 5.56. The first kappa shape index (κ1) is 10.4. The Hall–Kier alpha value is -1.13. The molecular weight excluding hydrogens is 208 g/mol. The summed E-state index contributed by atoms with van der Waals surface area (Å²) in [6.45, 7) is 2.64. The third-order valence-corrected chi connectivity index (χ3v) is 3.26. The number of hydrogen-bond donors (Lipinski definition) is 1. The van der Waals surface area contributed by atoms with E-state index in [0.717, 1.165) is 28.3 Å². The zero-order valence-electron chi connectivity index (χ0n) is 8.91. The van der Waals surface area contributed by atoms with Gasteiger partial charge in [-0.2, -0.15) is 0 Å². The summed E-state index contributed by atoms with van der Waals surface area (Å²) in [5.41, 5.74) is 7.66. The van der Waals surface area contributed by atoms with Gasteiger partial charge >= 0.3 is 0 Å². The van der Waals surface area contributed by atoms with Crippen LogP contribution in [0.1, 0.15) is 10.6 Å². The Balaban J connectivity index is 2.63.